The van der Waals surface area contributed by atoms with Crippen LogP contribution in [0.15, 0.2) is 24.3 Å². The van der Waals surface area contributed by atoms with E-state index < -0.39 is 23.5 Å². The van der Waals surface area contributed by atoms with Crippen LogP contribution in [0.5, 0.6) is 0 Å². The van der Waals surface area contributed by atoms with Gasteiger partial charge in [0.05, 0.1) is 0 Å². The molecule has 18 heavy (non-hydrogen) atoms. The van der Waals surface area contributed by atoms with Crippen LogP contribution < -0.4 is 0 Å². The number of hydrogen-bond acceptors (Lipinski definition) is 1. The molecule has 0 bridgehead atoms. The molecular weight excluding hydrogens is 262 g/mol. The molecule has 7 heteroatoms. The van der Waals surface area contributed by atoms with Crippen molar-refractivity contribution in [3.63, 3.8) is 0 Å². The van der Waals surface area contributed by atoms with Gasteiger partial charge in [-0.1, -0.05) is 24.3 Å². The number of aliphatic hydroxyl groups is 1. The third-order valence-corrected chi connectivity index (χ3v) is 2.48. The molecule has 0 atom stereocenters. The molecule has 0 aliphatic carbocycles. The van der Waals surface area contributed by atoms with Crippen molar-refractivity contribution in [2.45, 2.75) is 24.4 Å². The van der Waals surface area contributed by atoms with E-state index in [2.05, 4.69) is 6.92 Å². The van der Waals surface area contributed by atoms with Gasteiger partial charge in [-0.05, 0) is 18.9 Å². The van der Waals surface area contributed by atoms with Crippen molar-refractivity contribution in [2.75, 3.05) is 0 Å². The van der Waals surface area contributed by atoms with Gasteiger partial charge < -0.3 is 5.11 Å². The molecule has 0 aliphatic heterocycles. The fourth-order valence-electron chi connectivity index (χ4n) is 1.40. The molecule has 101 valence electrons. The lowest BCUT2D eigenvalue weighted by atomic mass is 9.91. The van der Waals surface area contributed by atoms with Crippen molar-refractivity contribution >= 4 is 0 Å². The Kier molecular flexibility index (Phi) is 3.67. The minimum Gasteiger partial charge on any atom is -0.369 e. The molecule has 0 aliphatic rings. The number of hydrogen-bond donors (Lipinski definition) is 1. The standard InChI is InChI=1S/C11H9F6O/c1-2-7-3-5-8(6-4-7)9(18,10(12,13)14)11(15,16)17/h3-6,18H,1-2H2. The first-order chi connectivity index (χ1) is 8.04. The summed E-state index contributed by atoms with van der Waals surface area (Å²) < 4.78 is 74.9. The summed E-state index contributed by atoms with van der Waals surface area (Å²) in [5, 5.41) is 9.05. The molecule has 0 fully saturated rings. The Morgan fingerprint density at radius 3 is 1.56 bits per heavy atom. The smallest absolute Gasteiger partial charge is 0.369 e. The molecule has 0 unspecified atom stereocenters. The van der Waals surface area contributed by atoms with E-state index >= 15 is 0 Å². The molecule has 1 nitrogen and oxygen atoms in total. The Balaban J connectivity index is 3.36. The number of alkyl halides is 6. The highest BCUT2D eigenvalue weighted by molar-refractivity contribution is 5.30. The van der Waals surface area contributed by atoms with Crippen LogP contribution in [-0.2, 0) is 12.0 Å². The van der Waals surface area contributed by atoms with E-state index in [9.17, 15) is 26.3 Å². The van der Waals surface area contributed by atoms with Crippen molar-refractivity contribution in [1.29, 1.82) is 0 Å². The number of halogens is 6. The maximum atomic E-state index is 12.5. The normalized spacial score (nSPS) is 13.8. The first-order valence-corrected chi connectivity index (χ1v) is 4.78. The van der Waals surface area contributed by atoms with Crippen LogP contribution in [0.4, 0.5) is 26.3 Å². The lowest BCUT2D eigenvalue weighted by Gasteiger charge is -2.32. The first-order valence-electron chi connectivity index (χ1n) is 4.78. The lowest BCUT2D eigenvalue weighted by molar-refractivity contribution is -0.376. The van der Waals surface area contributed by atoms with Crippen LogP contribution in [0.1, 0.15) is 11.1 Å². The molecule has 0 saturated carbocycles. The zero-order valence-electron chi connectivity index (χ0n) is 8.94. The van der Waals surface area contributed by atoms with Gasteiger partial charge in [-0.3, -0.25) is 0 Å². The van der Waals surface area contributed by atoms with Gasteiger partial charge in [0.2, 0.25) is 0 Å². The maximum absolute atomic E-state index is 12.5. The summed E-state index contributed by atoms with van der Waals surface area (Å²) in [5.41, 5.74) is -5.66. The largest absolute Gasteiger partial charge is 0.430 e. The zero-order valence-corrected chi connectivity index (χ0v) is 8.94. The van der Waals surface area contributed by atoms with Crippen LogP contribution in [-0.4, -0.2) is 17.5 Å². The van der Waals surface area contributed by atoms with Gasteiger partial charge in [-0.2, -0.15) is 26.3 Å². The first kappa shape index (κ1) is 14.8. The van der Waals surface area contributed by atoms with Crippen molar-refractivity contribution in [2.24, 2.45) is 0 Å². The van der Waals surface area contributed by atoms with E-state index in [1.807, 2.05) is 0 Å². The van der Waals surface area contributed by atoms with Gasteiger partial charge in [0, 0.05) is 5.56 Å². The van der Waals surface area contributed by atoms with E-state index in [4.69, 9.17) is 5.11 Å². The van der Waals surface area contributed by atoms with E-state index in [1.54, 1.807) is 0 Å². The van der Waals surface area contributed by atoms with Gasteiger partial charge in [-0.15, -0.1) is 0 Å². The monoisotopic (exact) mass is 271 g/mol. The van der Waals surface area contributed by atoms with Crippen molar-refractivity contribution < 1.29 is 31.4 Å². The SMILES string of the molecule is [CH2]Cc1ccc(C(O)(C(F)(F)F)C(F)(F)F)cc1. The minimum atomic E-state index is -5.85. The van der Waals surface area contributed by atoms with Crippen molar-refractivity contribution in [3.05, 3.63) is 42.3 Å². The molecule has 1 rings (SSSR count). The molecule has 1 aromatic carbocycles. The van der Waals surface area contributed by atoms with E-state index in [0.29, 0.717) is 17.7 Å². The van der Waals surface area contributed by atoms with Crippen LogP contribution in [0.3, 0.4) is 0 Å². The summed E-state index contributed by atoms with van der Waals surface area (Å²) in [4.78, 5) is 0. The van der Waals surface area contributed by atoms with E-state index in [-0.39, 0.29) is 6.42 Å². The average molecular weight is 271 g/mol. The molecule has 0 amide bonds. The molecular formula is C11H9F6O. The summed E-state index contributed by atoms with van der Waals surface area (Å²) in [5.74, 6) is 0. The van der Waals surface area contributed by atoms with Crippen LogP contribution in [0.25, 0.3) is 0 Å². The van der Waals surface area contributed by atoms with Crippen molar-refractivity contribution in [3.8, 4) is 0 Å². The molecule has 1 N–H and O–H groups in total. The second kappa shape index (κ2) is 4.46. The van der Waals surface area contributed by atoms with Crippen molar-refractivity contribution in [1.82, 2.24) is 0 Å². The molecule has 0 heterocycles. The van der Waals surface area contributed by atoms with Gasteiger partial charge in [0.15, 0.2) is 0 Å². The number of rotatable bonds is 2. The third kappa shape index (κ3) is 2.31. The van der Waals surface area contributed by atoms with Crippen LogP contribution >= 0.6 is 0 Å². The second-order valence-electron chi connectivity index (χ2n) is 3.65. The van der Waals surface area contributed by atoms with E-state index in [1.165, 1.54) is 0 Å². The Labute approximate surface area is 99.0 Å². The number of benzene rings is 1. The van der Waals surface area contributed by atoms with Gasteiger partial charge in [0.1, 0.15) is 0 Å². The lowest BCUT2D eigenvalue weighted by Crippen LogP contribution is -2.53. The Hall–Kier alpha value is -1.24. The summed E-state index contributed by atoms with van der Waals surface area (Å²) in [7, 11) is 0. The van der Waals surface area contributed by atoms with Crippen LogP contribution in [0, 0.1) is 6.92 Å². The molecule has 1 radical (unpaired) electrons. The fraction of sp³-hybridized carbons (Fsp3) is 0.364. The fourth-order valence-corrected chi connectivity index (χ4v) is 1.40. The predicted molar refractivity (Wildman–Crippen MR) is 51.5 cm³/mol. The summed E-state index contributed by atoms with van der Waals surface area (Å²) in [6.07, 6.45) is -11.5. The van der Waals surface area contributed by atoms with Gasteiger partial charge in [0.25, 0.3) is 5.60 Å². The molecule has 0 aromatic heterocycles. The Morgan fingerprint density at radius 2 is 1.28 bits per heavy atom. The molecule has 0 spiro atoms. The highest BCUT2D eigenvalue weighted by atomic mass is 19.4. The maximum Gasteiger partial charge on any atom is 0.430 e. The summed E-state index contributed by atoms with van der Waals surface area (Å²) in [6.45, 7) is 3.44. The Bertz CT molecular complexity index is 389. The topological polar surface area (TPSA) is 20.2 Å². The van der Waals surface area contributed by atoms with Gasteiger partial charge >= 0.3 is 12.4 Å². The summed E-state index contributed by atoms with van der Waals surface area (Å²) in [6, 6.07) is 3.32. The highest BCUT2D eigenvalue weighted by Crippen LogP contribution is 2.49. The van der Waals surface area contributed by atoms with Gasteiger partial charge in [-0.25, -0.2) is 0 Å². The third-order valence-electron chi connectivity index (χ3n) is 2.48. The Morgan fingerprint density at radius 1 is 0.889 bits per heavy atom. The van der Waals surface area contributed by atoms with Crippen LogP contribution in [0.2, 0.25) is 0 Å². The second-order valence-corrected chi connectivity index (χ2v) is 3.65. The highest BCUT2D eigenvalue weighted by Gasteiger charge is 2.71. The zero-order chi connectivity index (χ0) is 14.2. The quantitative estimate of drug-likeness (QED) is 0.817. The predicted octanol–water partition coefficient (Wildman–Crippen LogP) is 3.38. The molecule has 0 saturated heterocycles. The average Bonchev–Trinajstić information content (AvgIpc) is 2.25. The molecule has 1 aromatic rings. The van der Waals surface area contributed by atoms with E-state index in [0.717, 1.165) is 12.1 Å². The summed E-state index contributed by atoms with van der Waals surface area (Å²) >= 11 is 0. The minimum absolute atomic E-state index is 0.219.